The first-order valence-electron chi connectivity index (χ1n) is 9.44. The SMILES string of the molecule is Cc1oc(=O)oc1COC(=O)C(C)(C)Sc1nc2ccccc2n1-c1ccccc1F. The van der Waals surface area contributed by atoms with E-state index < -0.39 is 22.4 Å². The summed E-state index contributed by atoms with van der Waals surface area (Å²) >= 11 is 1.15. The van der Waals surface area contributed by atoms with Crippen LogP contribution in [-0.4, -0.2) is 20.3 Å². The zero-order valence-corrected chi connectivity index (χ0v) is 17.9. The van der Waals surface area contributed by atoms with Gasteiger partial charge in [-0.15, -0.1) is 0 Å². The Morgan fingerprint density at radius 2 is 1.87 bits per heavy atom. The molecule has 0 atom stereocenters. The van der Waals surface area contributed by atoms with Crippen molar-refractivity contribution in [1.29, 1.82) is 0 Å². The number of halogens is 1. The number of nitrogens with zero attached hydrogens (tertiary/aromatic N) is 2. The molecular formula is C22H19FN2O5S. The van der Waals surface area contributed by atoms with Gasteiger partial charge in [-0.3, -0.25) is 9.36 Å². The first-order valence-corrected chi connectivity index (χ1v) is 10.3. The fraction of sp³-hybridized carbons (Fsp3) is 0.227. The summed E-state index contributed by atoms with van der Waals surface area (Å²) in [5.41, 5.74) is 1.72. The number of hydrogen-bond donors (Lipinski definition) is 0. The van der Waals surface area contributed by atoms with Gasteiger partial charge in [-0.2, -0.15) is 0 Å². The van der Waals surface area contributed by atoms with Crippen LogP contribution in [0.15, 0.2) is 67.3 Å². The molecule has 9 heteroatoms. The lowest BCUT2D eigenvalue weighted by Gasteiger charge is -2.22. The number of aromatic nitrogens is 2. The summed E-state index contributed by atoms with van der Waals surface area (Å²) < 4.78 is 30.2. The molecule has 0 N–H and O–H groups in total. The second-order valence-electron chi connectivity index (χ2n) is 7.29. The molecule has 0 unspecified atom stereocenters. The van der Waals surface area contributed by atoms with Gasteiger partial charge in [0.05, 0.1) is 16.7 Å². The number of fused-ring (bicyclic) bond motifs is 1. The van der Waals surface area contributed by atoms with Crippen LogP contribution in [0.3, 0.4) is 0 Å². The van der Waals surface area contributed by atoms with Crippen LogP contribution in [0.4, 0.5) is 4.39 Å². The van der Waals surface area contributed by atoms with Crippen molar-refractivity contribution in [3.05, 3.63) is 76.5 Å². The van der Waals surface area contributed by atoms with Gasteiger partial charge < -0.3 is 13.6 Å². The zero-order chi connectivity index (χ0) is 22.2. The zero-order valence-electron chi connectivity index (χ0n) is 17.0. The maximum atomic E-state index is 14.6. The molecule has 160 valence electrons. The van der Waals surface area contributed by atoms with Gasteiger partial charge in [0.1, 0.15) is 10.6 Å². The molecule has 0 aliphatic heterocycles. The number of aryl methyl sites for hydroxylation is 1. The fourth-order valence-corrected chi connectivity index (χ4v) is 4.05. The van der Waals surface area contributed by atoms with Gasteiger partial charge in [0.25, 0.3) is 0 Å². The van der Waals surface area contributed by atoms with Crippen LogP contribution >= 0.6 is 11.8 Å². The van der Waals surface area contributed by atoms with Gasteiger partial charge in [0, 0.05) is 0 Å². The van der Waals surface area contributed by atoms with E-state index in [1.165, 1.54) is 6.07 Å². The quantitative estimate of drug-likeness (QED) is 0.318. The number of ether oxygens (including phenoxy) is 1. The van der Waals surface area contributed by atoms with Crippen LogP contribution in [0.2, 0.25) is 0 Å². The second-order valence-corrected chi connectivity index (χ2v) is 8.88. The number of esters is 1. The van der Waals surface area contributed by atoms with Crippen molar-refractivity contribution in [2.24, 2.45) is 0 Å². The number of hydrogen-bond acceptors (Lipinski definition) is 7. The largest absolute Gasteiger partial charge is 0.519 e. The van der Waals surface area contributed by atoms with E-state index in [2.05, 4.69) is 4.98 Å². The van der Waals surface area contributed by atoms with E-state index in [9.17, 15) is 14.0 Å². The van der Waals surface area contributed by atoms with Crippen molar-refractivity contribution < 1.29 is 22.8 Å². The monoisotopic (exact) mass is 442 g/mol. The molecule has 2 heterocycles. The summed E-state index contributed by atoms with van der Waals surface area (Å²) in [5.74, 6) is -1.40. The highest BCUT2D eigenvalue weighted by Gasteiger charge is 2.34. The third-order valence-corrected chi connectivity index (χ3v) is 5.76. The molecule has 0 aliphatic carbocycles. The molecule has 2 aromatic carbocycles. The molecule has 0 saturated heterocycles. The van der Waals surface area contributed by atoms with E-state index >= 15 is 0 Å². The highest BCUT2D eigenvalue weighted by Crippen LogP contribution is 2.37. The Morgan fingerprint density at radius 3 is 2.58 bits per heavy atom. The molecule has 7 nitrogen and oxygen atoms in total. The van der Waals surface area contributed by atoms with Crippen LogP contribution in [0.25, 0.3) is 16.7 Å². The van der Waals surface area contributed by atoms with E-state index in [0.717, 1.165) is 17.3 Å². The molecular weight excluding hydrogens is 423 g/mol. The molecule has 0 bridgehead atoms. The summed E-state index contributed by atoms with van der Waals surface area (Å²) in [6.07, 6.45) is 0. The number of rotatable bonds is 6. The summed E-state index contributed by atoms with van der Waals surface area (Å²) in [5, 5.41) is 0.444. The maximum Gasteiger partial charge on any atom is 0.519 e. The first kappa shape index (κ1) is 20.9. The maximum absolute atomic E-state index is 14.6. The molecule has 0 saturated carbocycles. The van der Waals surface area contributed by atoms with Crippen LogP contribution in [0.1, 0.15) is 25.4 Å². The van der Waals surface area contributed by atoms with E-state index in [-0.39, 0.29) is 18.1 Å². The molecule has 4 aromatic rings. The second kappa shape index (κ2) is 8.07. The predicted molar refractivity (Wildman–Crippen MR) is 113 cm³/mol. The molecule has 0 spiro atoms. The predicted octanol–water partition coefficient (Wildman–Crippen LogP) is 4.63. The summed E-state index contributed by atoms with van der Waals surface area (Å²) in [6, 6.07) is 13.7. The van der Waals surface area contributed by atoms with Crippen LogP contribution < -0.4 is 5.82 Å². The molecule has 2 aromatic heterocycles. The number of thioether (sulfide) groups is 1. The van der Waals surface area contributed by atoms with Crippen LogP contribution in [0, 0.1) is 12.7 Å². The highest BCUT2D eigenvalue weighted by atomic mass is 32.2. The standard InChI is InChI=1S/C22H19FN2O5S/c1-13-18(30-21(27)29-13)12-28-19(26)22(2,3)31-20-24-15-9-5-7-11-17(15)25(20)16-10-6-4-8-14(16)23/h4-11H,12H2,1-3H3. The number of carbonyl (C=O) groups excluding carboxylic acids is 1. The van der Waals surface area contributed by atoms with Gasteiger partial charge in [0.15, 0.2) is 23.3 Å². The number of para-hydroxylation sites is 3. The minimum Gasteiger partial charge on any atom is -0.456 e. The van der Waals surface area contributed by atoms with Crippen LogP contribution in [0.5, 0.6) is 0 Å². The smallest absolute Gasteiger partial charge is 0.456 e. The number of benzene rings is 2. The van der Waals surface area contributed by atoms with E-state index in [1.54, 1.807) is 43.5 Å². The third-order valence-electron chi connectivity index (χ3n) is 4.63. The van der Waals surface area contributed by atoms with Crippen molar-refractivity contribution in [2.45, 2.75) is 37.3 Å². The van der Waals surface area contributed by atoms with E-state index in [0.29, 0.717) is 16.4 Å². The topological polar surface area (TPSA) is 87.5 Å². The molecule has 0 amide bonds. The average molecular weight is 442 g/mol. The molecule has 0 radical (unpaired) electrons. The average Bonchev–Trinajstić information content (AvgIpc) is 3.24. The molecule has 31 heavy (non-hydrogen) atoms. The molecule has 0 aliphatic rings. The minimum atomic E-state index is -1.07. The molecule has 4 rings (SSSR count). The number of imidazole rings is 1. The van der Waals surface area contributed by atoms with Gasteiger partial charge in [-0.25, -0.2) is 14.2 Å². The Kier molecular flexibility index (Phi) is 5.45. The van der Waals surface area contributed by atoms with Crippen molar-refractivity contribution >= 4 is 28.8 Å². The van der Waals surface area contributed by atoms with Gasteiger partial charge >= 0.3 is 11.8 Å². The third kappa shape index (κ3) is 4.13. The Balaban J connectivity index is 1.65. The van der Waals surface area contributed by atoms with Crippen LogP contribution in [-0.2, 0) is 16.1 Å². The highest BCUT2D eigenvalue weighted by molar-refractivity contribution is 8.01. The first-order chi connectivity index (χ1) is 14.8. The lowest BCUT2D eigenvalue weighted by Crippen LogP contribution is -2.30. The fourth-order valence-electron chi connectivity index (χ4n) is 3.02. The van der Waals surface area contributed by atoms with Gasteiger partial charge in [-0.1, -0.05) is 36.0 Å². The summed E-state index contributed by atoms with van der Waals surface area (Å²) in [6.45, 7) is 4.68. The Hall–Kier alpha value is -3.33. The lowest BCUT2D eigenvalue weighted by atomic mass is 10.2. The van der Waals surface area contributed by atoms with Crippen molar-refractivity contribution in [3.8, 4) is 5.69 Å². The molecule has 0 fully saturated rings. The van der Waals surface area contributed by atoms with Crippen molar-refractivity contribution in [1.82, 2.24) is 9.55 Å². The normalized spacial score (nSPS) is 11.7. The Labute approximate surface area is 180 Å². The van der Waals surface area contributed by atoms with Crippen molar-refractivity contribution in [2.75, 3.05) is 0 Å². The number of carbonyl (C=O) groups is 1. The van der Waals surface area contributed by atoms with Gasteiger partial charge in [0.2, 0.25) is 0 Å². The summed E-state index contributed by atoms with van der Waals surface area (Å²) in [7, 11) is 0. The lowest BCUT2D eigenvalue weighted by molar-refractivity contribution is -0.147. The van der Waals surface area contributed by atoms with Gasteiger partial charge in [-0.05, 0) is 45.0 Å². The van der Waals surface area contributed by atoms with Crippen molar-refractivity contribution in [3.63, 3.8) is 0 Å². The minimum absolute atomic E-state index is 0.151. The Bertz CT molecular complexity index is 1320. The van der Waals surface area contributed by atoms with E-state index in [1.807, 2.05) is 24.3 Å². The Morgan fingerprint density at radius 1 is 1.16 bits per heavy atom. The van der Waals surface area contributed by atoms with E-state index in [4.69, 9.17) is 13.6 Å². The summed E-state index contributed by atoms with van der Waals surface area (Å²) in [4.78, 5) is 28.6.